The average molecular weight is 225 g/mol. The number of para-hydroxylation sites is 2. The third kappa shape index (κ3) is 1.81. The third-order valence-electron chi connectivity index (χ3n) is 2.85. The molecule has 84 valence electrons. The van der Waals surface area contributed by atoms with E-state index in [4.69, 9.17) is 0 Å². The van der Waals surface area contributed by atoms with E-state index >= 15 is 0 Å². The van der Waals surface area contributed by atoms with Crippen LogP contribution in [0.3, 0.4) is 0 Å². The Kier molecular flexibility index (Phi) is 2.38. The molecule has 1 aromatic heterocycles. The Balaban J connectivity index is 2.04. The molecule has 0 saturated carbocycles. The molecule has 0 fully saturated rings. The minimum atomic E-state index is -0.649. The molecule has 3 nitrogen and oxygen atoms in total. The first kappa shape index (κ1) is 10.1. The molecule has 0 aliphatic carbocycles. The van der Waals surface area contributed by atoms with Crippen molar-refractivity contribution < 1.29 is 10.1 Å². The predicted octanol–water partition coefficient (Wildman–Crippen LogP) is 2.06. The molecule has 3 rings (SSSR count). The lowest BCUT2D eigenvalue weighted by Crippen LogP contribution is -2.13. The molecule has 3 aromatic rings. The lowest BCUT2D eigenvalue weighted by molar-refractivity contribution is -0.366. The molecule has 0 aliphatic heterocycles. The number of H-pyrrole nitrogens is 2. The molecule has 3 N–H and O–H groups in total. The molecule has 2 aromatic carbocycles. The number of nitrogens with one attached hydrogen (secondary N) is 2. The molecule has 0 saturated heterocycles. The van der Waals surface area contributed by atoms with E-state index in [-0.39, 0.29) is 0 Å². The Bertz CT molecular complexity index is 598. The van der Waals surface area contributed by atoms with Crippen molar-refractivity contribution in [1.29, 1.82) is 0 Å². The van der Waals surface area contributed by atoms with E-state index in [0.717, 1.165) is 16.6 Å². The number of fused-ring (bicyclic) bond motifs is 1. The van der Waals surface area contributed by atoms with Gasteiger partial charge in [-0.3, -0.25) is 0 Å². The van der Waals surface area contributed by atoms with Crippen molar-refractivity contribution in [3.63, 3.8) is 0 Å². The van der Waals surface area contributed by atoms with Gasteiger partial charge in [-0.05, 0) is 17.7 Å². The zero-order valence-electron chi connectivity index (χ0n) is 9.22. The van der Waals surface area contributed by atoms with E-state index < -0.39 is 6.10 Å². The van der Waals surface area contributed by atoms with Crippen molar-refractivity contribution in [3.8, 4) is 0 Å². The number of hydrogen-bond donors (Lipinski definition) is 2. The van der Waals surface area contributed by atoms with Crippen LogP contribution in [-0.4, -0.2) is 10.1 Å². The molecule has 0 amide bonds. The molecule has 0 spiro atoms. The molecule has 1 unspecified atom stereocenters. The Hall–Kier alpha value is -2.13. The van der Waals surface area contributed by atoms with Crippen LogP contribution >= 0.6 is 0 Å². The van der Waals surface area contributed by atoms with E-state index in [0.29, 0.717) is 5.82 Å². The van der Waals surface area contributed by atoms with Crippen molar-refractivity contribution in [2.24, 2.45) is 0 Å². The third-order valence-corrected chi connectivity index (χ3v) is 2.85. The van der Waals surface area contributed by atoms with Gasteiger partial charge in [-0.25, -0.2) is 9.97 Å². The Morgan fingerprint density at radius 3 is 2.41 bits per heavy atom. The van der Waals surface area contributed by atoms with Gasteiger partial charge in [0, 0.05) is 0 Å². The van der Waals surface area contributed by atoms with Crippen molar-refractivity contribution in [2.75, 3.05) is 0 Å². The molecule has 1 atom stereocenters. The Morgan fingerprint density at radius 2 is 1.65 bits per heavy atom. The van der Waals surface area contributed by atoms with E-state index in [2.05, 4.69) is 9.97 Å². The van der Waals surface area contributed by atoms with Crippen LogP contribution in [0.15, 0.2) is 54.6 Å². The Morgan fingerprint density at radius 1 is 0.941 bits per heavy atom. The highest BCUT2D eigenvalue weighted by Crippen LogP contribution is 2.18. The van der Waals surface area contributed by atoms with Crippen LogP contribution in [0.1, 0.15) is 17.5 Å². The first-order chi connectivity index (χ1) is 8.34. The smallest absolute Gasteiger partial charge is 0.287 e. The highest BCUT2D eigenvalue weighted by atomic mass is 16.3. The maximum Gasteiger partial charge on any atom is 0.287 e. The lowest BCUT2D eigenvalue weighted by Gasteiger charge is -2.03. The van der Waals surface area contributed by atoms with Gasteiger partial charge in [-0.1, -0.05) is 42.5 Å². The number of aromatic amines is 2. The number of benzene rings is 2. The number of hydrogen-bond acceptors (Lipinski definition) is 1. The summed E-state index contributed by atoms with van der Waals surface area (Å²) in [5.41, 5.74) is 2.87. The van der Waals surface area contributed by atoms with Crippen molar-refractivity contribution in [2.45, 2.75) is 6.10 Å². The summed E-state index contributed by atoms with van der Waals surface area (Å²) < 4.78 is 0. The summed E-state index contributed by atoms with van der Waals surface area (Å²) in [6.45, 7) is 0. The maximum atomic E-state index is 10.2. The van der Waals surface area contributed by atoms with Crippen LogP contribution in [-0.2, 0) is 0 Å². The summed E-state index contributed by atoms with van der Waals surface area (Å²) in [6.07, 6.45) is -0.649. The molecule has 0 aliphatic rings. The van der Waals surface area contributed by atoms with Crippen LogP contribution in [0.5, 0.6) is 0 Å². The highest BCUT2D eigenvalue weighted by molar-refractivity contribution is 5.70. The zero-order valence-corrected chi connectivity index (χ0v) is 9.22. The topological polar surface area (TPSA) is 50.2 Å². The standard InChI is InChI=1S/C14H12N2O/c17-13(10-6-2-1-3-7-10)14-15-11-8-4-5-9-12(11)16-14/h1-9,13,17H,(H,15,16)/p+1. The van der Waals surface area contributed by atoms with Gasteiger partial charge in [0.05, 0.1) is 0 Å². The Labute approximate surface area is 98.8 Å². The molecule has 3 heteroatoms. The SMILES string of the molecule is OC(c1ccccc1)c1[nH]c2ccccc2[nH+]1. The quantitative estimate of drug-likeness (QED) is 0.689. The number of aromatic nitrogens is 2. The second-order valence-corrected chi connectivity index (χ2v) is 4.02. The lowest BCUT2D eigenvalue weighted by atomic mass is 10.1. The molecule has 1 heterocycles. The number of aliphatic hydroxyl groups is 1. The molecular formula is C14H13N2O+. The van der Waals surface area contributed by atoms with Crippen molar-refractivity contribution >= 4 is 11.0 Å². The summed E-state index contributed by atoms with van der Waals surface area (Å²) in [4.78, 5) is 6.38. The zero-order chi connectivity index (χ0) is 11.7. The van der Waals surface area contributed by atoms with E-state index in [9.17, 15) is 5.11 Å². The van der Waals surface area contributed by atoms with E-state index in [1.807, 2.05) is 54.6 Å². The van der Waals surface area contributed by atoms with Crippen molar-refractivity contribution in [1.82, 2.24) is 4.98 Å². The summed E-state index contributed by atoms with van der Waals surface area (Å²) in [5, 5.41) is 10.2. The number of rotatable bonds is 2. The largest absolute Gasteiger partial charge is 0.376 e. The van der Waals surface area contributed by atoms with Gasteiger partial charge in [0.15, 0.2) is 17.1 Å². The summed E-state index contributed by atoms with van der Waals surface area (Å²) in [5.74, 6) is 0.706. The van der Waals surface area contributed by atoms with Crippen LogP contribution in [0.25, 0.3) is 11.0 Å². The summed E-state index contributed by atoms with van der Waals surface area (Å²) >= 11 is 0. The van der Waals surface area contributed by atoms with Gasteiger partial charge < -0.3 is 5.11 Å². The first-order valence-corrected chi connectivity index (χ1v) is 5.57. The van der Waals surface area contributed by atoms with E-state index in [1.54, 1.807) is 0 Å². The summed E-state index contributed by atoms with van der Waals surface area (Å²) in [7, 11) is 0. The van der Waals surface area contributed by atoms with Crippen LogP contribution in [0.4, 0.5) is 0 Å². The molecule has 0 radical (unpaired) electrons. The monoisotopic (exact) mass is 225 g/mol. The fraction of sp³-hybridized carbons (Fsp3) is 0.0714. The fourth-order valence-electron chi connectivity index (χ4n) is 1.96. The normalized spacial score (nSPS) is 12.8. The minimum absolute atomic E-state index is 0.649. The highest BCUT2D eigenvalue weighted by Gasteiger charge is 2.19. The number of aliphatic hydroxyl groups excluding tert-OH is 1. The predicted molar refractivity (Wildman–Crippen MR) is 65.4 cm³/mol. The second-order valence-electron chi connectivity index (χ2n) is 4.02. The van der Waals surface area contributed by atoms with Crippen molar-refractivity contribution in [3.05, 3.63) is 66.0 Å². The van der Waals surface area contributed by atoms with Crippen LogP contribution in [0, 0.1) is 0 Å². The second kappa shape index (κ2) is 4.03. The molecular weight excluding hydrogens is 212 g/mol. The average Bonchev–Trinajstić information content (AvgIpc) is 2.82. The first-order valence-electron chi connectivity index (χ1n) is 5.57. The fourth-order valence-corrected chi connectivity index (χ4v) is 1.96. The summed E-state index contributed by atoms with van der Waals surface area (Å²) in [6, 6.07) is 17.5. The van der Waals surface area contributed by atoms with Gasteiger partial charge in [0.25, 0.3) is 5.82 Å². The maximum absolute atomic E-state index is 10.2. The number of imidazole rings is 1. The van der Waals surface area contributed by atoms with Gasteiger partial charge in [0.1, 0.15) is 0 Å². The van der Waals surface area contributed by atoms with Crippen LogP contribution in [0.2, 0.25) is 0 Å². The van der Waals surface area contributed by atoms with E-state index in [1.165, 1.54) is 0 Å². The van der Waals surface area contributed by atoms with Gasteiger partial charge in [0.2, 0.25) is 0 Å². The van der Waals surface area contributed by atoms with Gasteiger partial charge >= 0.3 is 0 Å². The van der Waals surface area contributed by atoms with Gasteiger partial charge in [-0.2, -0.15) is 0 Å². The van der Waals surface area contributed by atoms with Gasteiger partial charge in [-0.15, -0.1) is 0 Å². The molecule has 0 bridgehead atoms. The van der Waals surface area contributed by atoms with Crippen LogP contribution < -0.4 is 4.98 Å². The molecule has 17 heavy (non-hydrogen) atoms. The minimum Gasteiger partial charge on any atom is -0.376 e.